The number of aromatic carboxylic acids is 1. The summed E-state index contributed by atoms with van der Waals surface area (Å²) >= 11 is 0. The van der Waals surface area contributed by atoms with Gasteiger partial charge in [-0.05, 0) is 18.9 Å². The molecule has 1 saturated carbocycles. The largest absolute Gasteiger partial charge is 0.476 e. The maximum absolute atomic E-state index is 12.0. The summed E-state index contributed by atoms with van der Waals surface area (Å²) in [5.74, 6) is -0.608. The van der Waals surface area contributed by atoms with Crippen molar-refractivity contribution in [2.75, 3.05) is 13.1 Å². The molecule has 0 atom stereocenters. The lowest BCUT2D eigenvalue weighted by atomic mass is 9.93. The Kier molecular flexibility index (Phi) is 2.23. The molecular weight excluding hydrogens is 234 g/mol. The number of H-pyrrole nitrogens is 1. The molecule has 0 unspecified atom stereocenters. The van der Waals surface area contributed by atoms with E-state index in [1.165, 1.54) is 0 Å². The molecule has 18 heavy (non-hydrogen) atoms. The second kappa shape index (κ2) is 3.57. The van der Waals surface area contributed by atoms with Gasteiger partial charge in [0.1, 0.15) is 0 Å². The van der Waals surface area contributed by atoms with Gasteiger partial charge in [-0.2, -0.15) is 5.10 Å². The zero-order valence-electron chi connectivity index (χ0n) is 10.1. The number of aromatic amines is 1. The first-order valence-electron chi connectivity index (χ1n) is 6.07. The second-order valence-electron chi connectivity index (χ2n) is 5.48. The van der Waals surface area contributed by atoms with Crippen LogP contribution in [0, 0.1) is 5.41 Å². The molecule has 1 aliphatic carbocycles. The lowest BCUT2D eigenvalue weighted by Gasteiger charge is -2.40. The van der Waals surface area contributed by atoms with Gasteiger partial charge >= 0.3 is 5.97 Å². The third-order valence-electron chi connectivity index (χ3n) is 3.94. The van der Waals surface area contributed by atoms with Crippen molar-refractivity contribution < 1.29 is 14.7 Å². The van der Waals surface area contributed by atoms with Gasteiger partial charge in [0.05, 0.1) is 0 Å². The van der Waals surface area contributed by atoms with Gasteiger partial charge in [0, 0.05) is 30.1 Å². The van der Waals surface area contributed by atoms with Crippen LogP contribution < -0.4 is 0 Å². The molecule has 2 heterocycles. The Morgan fingerprint density at radius 1 is 1.50 bits per heavy atom. The Hall–Kier alpha value is -1.85. The summed E-state index contributed by atoms with van der Waals surface area (Å²) in [4.78, 5) is 24.6. The van der Waals surface area contributed by atoms with E-state index in [0.717, 1.165) is 18.5 Å². The van der Waals surface area contributed by atoms with Gasteiger partial charge in [0.25, 0.3) is 0 Å². The van der Waals surface area contributed by atoms with Crippen molar-refractivity contribution in [3.8, 4) is 0 Å². The molecule has 3 rings (SSSR count). The van der Waals surface area contributed by atoms with Crippen molar-refractivity contribution in [3.05, 3.63) is 17.5 Å². The van der Waals surface area contributed by atoms with Crippen LogP contribution >= 0.6 is 0 Å². The van der Waals surface area contributed by atoms with Gasteiger partial charge in [0.15, 0.2) is 5.69 Å². The third kappa shape index (κ3) is 1.68. The van der Waals surface area contributed by atoms with E-state index >= 15 is 0 Å². The number of rotatable bonds is 3. The fourth-order valence-corrected chi connectivity index (χ4v) is 2.28. The zero-order valence-corrected chi connectivity index (χ0v) is 10.1. The van der Waals surface area contributed by atoms with Crippen molar-refractivity contribution in [2.24, 2.45) is 5.41 Å². The fourth-order valence-electron chi connectivity index (χ4n) is 2.28. The number of aromatic nitrogens is 2. The zero-order chi connectivity index (χ0) is 12.9. The van der Waals surface area contributed by atoms with E-state index in [4.69, 9.17) is 5.11 Å². The predicted octanol–water partition coefficient (Wildman–Crippen LogP) is 0.834. The van der Waals surface area contributed by atoms with E-state index < -0.39 is 5.97 Å². The van der Waals surface area contributed by atoms with Crippen LogP contribution in [0.15, 0.2) is 6.07 Å². The number of hydrogen-bond donors (Lipinski definition) is 2. The topological polar surface area (TPSA) is 86.3 Å². The van der Waals surface area contributed by atoms with Gasteiger partial charge in [-0.15, -0.1) is 0 Å². The minimum Gasteiger partial charge on any atom is -0.476 e. The first-order valence-corrected chi connectivity index (χ1v) is 6.07. The van der Waals surface area contributed by atoms with Crippen LogP contribution in [0.2, 0.25) is 0 Å². The molecule has 2 N–H and O–H groups in total. The molecule has 1 aromatic heterocycles. The number of hydrogen-bond acceptors (Lipinski definition) is 3. The maximum atomic E-state index is 12.0. The summed E-state index contributed by atoms with van der Waals surface area (Å²) in [5.41, 5.74) is 0.715. The summed E-state index contributed by atoms with van der Waals surface area (Å²) in [6.45, 7) is 3.33. The number of nitrogens with zero attached hydrogens (tertiary/aromatic N) is 2. The molecule has 96 valence electrons. The van der Waals surface area contributed by atoms with Gasteiger partial charge in [0.2, 0.25) is 5.91 Å². The van der Waals surface area contributed by atoms with Crippen molar-refractivity contribution >= 4 is 11.9 Å². The van der Waals surface area contributed by atoms with Crippen LogP contribution in [-0.2, 0) is 4.79 Å². The molecule has 1 aromatic rings. The third-order valence-corrected chi connectivity index (χ3v) is 3.94. The van der Waals surface area contributed by atoms with E-state index in [0.29, 0.717) is 13.1 Å². The van der Waals surface area contributed by atoms with Crippen LogP contribution in [0.5, 0.6) is 0 Å². The average molecular weight is 249 g/mol. The lowest BCUT2D eigenvalue weighted by Crippen LogP contribution is -2.51. The Balaban J connectivity index is 1.61. The van der Waals surface area contributed by atoms with E-state index in [1.54, 1.807) is 6.07 Å². The van der Waals surface area contributed by atoms with E-state index in [2.05, 4.69) is 10.2 Å². The number of carbonyl (C=O) groups is 2. The normalized spacial score (nSPS) is 21.5. The minimum absolute atomic E-state index is 0.0314. The number of likely N-dealkylation sites (tertiary alicyclic amines) is 1. The van der Waals surface area contributed by atoms with Crippen LogP contribution in [-0.4, -0.2) is 45.2 Å². The highest BCUT2D eigenvalue weighted by atomic mass is 16.4. The van der Waals surface area contributed by atoms with Crippen molar-refractivity contribution in [3.63, 3.8) is 0 Å². The van der Waals surface area contributed by atoms with Crippen LogP contribution in [0.25, 0.3) is 0 Å². The maximum Gasteiger partial charge on any atom is 0.356 e. The molecule has 2 aliphatic rings. The second-order valence-corrected chi connectivity index (χ2v) is 5.48. The quantitative estimate of drug-likeness (QED) is 0.830. The molecule has 6 heteroatoms. The molecule has 1 saturated heterocycles. The molecule has 0 spiro atoms. The highest BCUT2D eigenvalue weighted by molar-refractivity contribution is 5.86. The Bertz CT molecular complexity index is 512. The minimum atomic E-state index is -1.03. The number of carboxylic acids is 1. The van der Waals surface area contributed by atoms with Crippen molar-refractivity contribution in [1.29, 1.82) is 0 Å². The predicted molar refractivity (Wildman–Crippen MR) is 62.2 cm³/mol. The molecule has 1 aliphatic heterocycles. The Labute approximate surface area is 104 Å². The number of carboxylic acid groups (broad SMARTS) is 1. The molecule has 0 bridgehead atoms. The highest BCUT2D eigenvalue weighted by Crippen LogP contribution is 2.48. The number of amides is 1. The molecule has 6 nitrogen and oxygen atoms in total. The number of nitrogens with one attached hydrogen (secondary N) is 1. The Morgan fingerprint density at radius 2 is 2.17 bits per heavy atom. The van der Waals surface area contributed by atoms with Crippen LogP contribution in [0.1, 0.15) is 41.9 Å². The summed E-state index contributed by atoms with van der Waals surface area (Å²) in [7, 11) is 0. The monoisotopic (exact) mass is 249 g/mol. The SMILES string of the molecule is CC1(C(=O)N2CC(c3cc(C(=O)O)n[nH]3)C2)CC1. The summed E-state index contributed by atoms with van der Waals surface area (Å²) < 4.78 is 0. The van der Waals surface area contributed by atoms with Crippen LogP contribution in [0.3, 0.4) is 0 Å². The van der Waals surface area contributed by atoms with Crippen LogP contribution in [0.4, 0.5) is 0 Å². The smallest absolute Gasteiger partial charge is 0.356 e. The lowest BCUT2D eigenvalue weighted by molar-refractivity contribution is -0.141. The summed E-state index contributed by atoms with van der Waals surface area (Å²) in [6.07, 6.45) is 1.97. The van der Waals surface area contributed by atoms with E-state index in [-0.39, 0.29) is 22.9 Å². The average Bonchev–Trinajstić information content (AvgIpc) is 2.83. The first kappa shape index (κ1) is 11.3. The van der Waals surface area contributed by atoms with E-state index in [9.17, 15) is 9.59 Å². The highest BCUT2D eigenvalue weighted by Gasteiger charge is 2.49. The standard InChI is InChI=1S/C12H15N3O3/c1-12(2-3-12)11(18)15-5-7(6-15)8-4-9(10(16)17)14-13-8/h4,7H,2-3,5-6H2,1H3,(H,13,14)(H,16,17). The van der Waals surface area contributed by atoms with Gasteiger partial charge in [-0.25, -0.2) is 4.79 Å². The van der Waals surface area contributed by atoms with Gasteiger partial charge in [-0.1, -0.05) is 6.92 Å². The first-order chi connectivity index (χ1) is 8.49. The van der Waals surface area contributed by atoms with Gasteiger partial charge < -0.3 is 10.0 Å². The number of carbonyl (C=O) groups excluding carboxylic acids is 1. The molecule has 0 radical (unpaired) electrons. The van der Waals surface area contributed by atoms with Crippen molar-refractivity contribution in [1.82, 2.24) is 15.1 Å². The molecular formula is C12H15N3O3. The summed E-state index contributed by atoms with van der Waals surface area (Å²) in [5, 5.41) is 15.2. The summed E-state index contributed by atoms with van der Waals surface area (Å²) in [6, 6.07) is 1.55. The molecule has 2 fully saturated rings. The molecule has 1 amide bonds. The fraction of sp³-hybridized carbons (Fsp3) is 0.583. The van der Waals surface area contributed by atoms with E-state index in [1.807, 2.05) is 11.8 Å². The van der Waals surface area contributed by atoms with Crippen molar-refractivity contribution in [2.45, 2.75) is 25.7 Å². The Morgan fingerprint density at radius 3 is 2.67 bits per heavy atom. The molecule has 0 aromatic carbocycles. The van der Waals surface area contributed by atoms with Gasteiger partial charge in [-0.3, -0.25) is 9.89 Å².